The second-order valence-corrected chi connectivity index (χ2v) is 16.2. The summed E-state index contributed by atoms with van der Waals surface area (Å²) in [5.74, 6) is 6.20. The van der Waals surface area contributed by atoms with E-state index in [0.717, 1.165) is 12.2 Å². The van der Waals surface area contributed by atoms with E-state index in [4.69, 9.17) is 4.74 Å². The van der Waals surface area contributed by atoms with E-state index in [0.29, 0.717) is 12.4 Å². The zero-order valence-corrected chi connectivity index (χ0v) is 15.2. The molecule has 0 aromatic heterocycles. The molecule has 0 spiro atoms. The number of phenols is 1. The van der Waals surface area contributed by atoms with Crippen LogP contribution in [0.15, 0.2) is 48.5 Å². The third-order valence-corrected chi connectivity index (χ3v) is 11.0. The maximum atomic E-state index is 9.33. The van der Waals surface area contributed by atoms with Gasteiger partial charge in [0.2, 0.25) is 0 Å². The Morgan fingerprint density at radius 2 is 1.57 bits per heavy atom. The average Bonchev–Trinajstić information content (AvgIpc) is 2.48. The first kappa shape index (κ1) is 16.0. The van der Waals surface area contributed by atoms with Gasteiger partial charge in [-0.25, -0.2) is 0 Å². The van der Waals surface area contributed by atoms with Gasteiger partial charge in [-0.2, -0.15) is 0 Å². The molecule has 0 saturated heterocycles. The van der Waals surface area contributed by atoms with Crippen LogP contribution in [0.5, 0.6) is 11.5 Å². The molecule has 0 atom stereocenters. The van der Waals surface area contributed by atoms with Gasteiger partial charge < -0.3 is 0 Å². The number of aromatic hydroxyl groups is 1. The van der Waals surface area contributed by atoms with Gasteiger partial charge in [0.15, 0.2) is 0 Å². The molecule has 0 radical (unpaired) electrons. The number of ether oxygens (including phenoxy) is 1. The van der Waals surface area contributed by atoms with Crippen molar-refractivity contribution >= 4 is 17.7 Å². The van der Waals surface area contributed by atoms with Crippen LogP contribution in [0, 0.1) is 0 Å². The molecule has 1 N–H and O–H groups in total. The Morgan fingerprint density at radius 3 is 2.14 bits per heavy atom. The third-order valence-electron chi connectivity index (χ3n) is 3.92. The standard InChI is InChI=1S/C18H24GeO2/c1-4-21-18-11-7-16(8-12-18)19(2,3)14-13-15-5-9-17(20)10-6-15/h5-12,20H,4,13-14H2,1-3H3. The molecular weight excluding hydrogens is 321 g/mol. The molecule has 0 amide bonds. The molecule has 0 unspecified atom stereocenters. The number of rotatable bonds is 6. The average molecular weight is 345 g/mol. The Balaban J connectivity index is 2.01. The number of aryl methyl sites for hydroxylation is 1. The van der Waals surface area contributed by atoms with Gasteiger partial charge in [0, 0.05) is 0 Å². The van der Waals surface area contributed by atoms with Crippen molar-refractivity contribution in [2.75, 3.05) is 6.61 Å². The Labute approximate surface area is 130 Å². The van der Waals surface area contributed by atoms with Crippen LogP contribution >= 0.6 is 0 Å². The summed E-state index contributed by atoms with van der Waals surface area (Å²) in [6.07, 6.45) is 1.08. The fraction of sp³-hybridized carbons (Fsp3) is 0.333. The SMILES string of the molecule is CCOc1cc[c]([Ge]([CH3])([CH3])[CH2]Cc2ccc(O)cc2)cc1. The molecule has 2 rings (SSSR count). The van der Waals surface area contributed by atoms with Crippen molar-refractivity contribution in [2.24, 2.45) is 0 Å². The summed E-state index contributed by atoms with van der Waals surface area (Å²) in [7, 11) is 0. The molecule has 2 aromatic rings. The van der Waals surface area contributed by atoms with Crippen LogP contribution in [0.25, 0.3) is 0 Å². The van der Waals surface area contributed by atoms with Gasteiger partial charge in [-0.1, -0.05) is 0 Å². The van der Waals surface area contributed by atoms with E-state index in [1.165, 1.54) is 15.2 Å². The Kier molecular flexibility index (Phi) is 5.35. The molecule has 0 saturated carbocycles. The van der Waals surface area contributed by atoms with Crippen LogP contribution in [-0.2, 0) is 6.42 Å². The molecule has 2 aromatic carbocycles. The van der Waals surface area contributed by atoms with Crippen molar-refractivity contribution in [3.63, 3.8) is 0 Å². The molecule has 0 heterocycles. The number of hydrogen-bond acceptors (Lipinski definition) is 2. The first-order chi connectivity index (χ1) is 10.0. The summed E-state index contributed by atoms with van der Waals surface area (Å²) >= 11 is -1.98. The van der Waals surface area contributed by atoms with E-state index in [9.17, 15) is 5.11 Å². The normalized spacial score (nSPS) is 11.4. The van der Waals surface area contributed by atoms with Crippen LogP contribution in [-0.4, -0.2) is 25.0 Å². The molecule has 0 aliphatic heterocycles. The van der Waals surface area contributed by atoms with E-state index >= 15 is 0 Å². The first-order valence-corrected chi connectivity index (χ1v) is 14.3. The molecule has 0 fully saturated rings. The maximum absolute atomic E-state index is 9.33. The predicted octanol–water partition coefficient (Wildman–Crippen LogP) is 3.95. The summed E-state index contributed by atoms with van der Waals surface area (Å²) in [5.41, 5.74) is 1.30. The van der Waals surface area contributed by atoms with Crippen LogP contribution in [0.3, 0.4) is 0 Å². The van der Waals surface area contributed by atoms with Crippen molar-refractivity contribution in [1.82, 2.24) is 0 Å². The Bertz CT molecular complexity index is 559. The molecule has 21 heavy (non-hydrogen) atoms. The molecule has 112 valence electrons. The summed E-state index contributed by atoms with van der Waals surface area (Å²) in [4.78, 5) is 0. The summed E-state index contributed by atoms with van der Waals surface area (Å²) in [6.45, 7) is 2.72. The second kappa shape index (κ2) is 7.03. The van der Waals surface area contributed by atoms with Gasteiger partial charge in [-0.3, -0.25) is 0 Å². The van der Waals surface area contributed by atoms with Gasteiger partial charge in [0.25, 0.3) is 0 Å². The van der Waals surface area contributed by atoms with Gasteiger partial charge in [0.05, 0.1) is 0 Å². The fourth-order valence-corrected chi connectivity index (χ4v) is 7.20. The summed E-state index contributed by atoms with van der Waals surface area (Å²) < 4.78 is 7.02. The molecular formula is C18H24GeO2. The van der Waals surface area contributed by atoms with E-state index in [1.54, 1.807) is 12.1 Å². The van der Waals surface area contributed by atoms with Crippen molar-refractivity contribution in [1.29, 1.82) is 0 Å². The Hall–Kier alpha value is -1.42. The zero-order chi connectivity index (χ0) is 15.3. The van der Waals surface area contributed by atoms with Gasteiger partial charge >= 0.3 is 130 Å². The zero-order valence-electron chi connectivity index (χ0n) is 13.1. The van der Waals surface area contributed by atoms with E-state index in [2.05, 4.69) is 35.8 Å². The fourth-order valence-electron chi connectivity index (χ4n) is 2.43. The van der Waals surface area contributed by atoms with Crippen molar-refractivity contribution in [3.8, 4) is 11.5 Å². The second-order valence-electron chi connectivity index (χ2n) is 6.01. The van der Waals surface area contributed by atoms with Crippen molar-refractivity contribution in [3.05, 3.63) is 54.1 Å². The number of phenolic OH excluding ortho intramolecular Hbond substituents is 1. The summed E-state index contributed by atoms with van der Waals surface area (Å²) in [6, 6.07) is 16.2. The number of hydrogen-bond donors (Lipinski definition) is 1. The van der Waals surface area contributed by atoms with Gasteiger partial charge in [-0.15, -0.1) is 0 Å². The van der Waals surface area contributed by atoms with Crippen LogP contribution in [0.1, 0.15) is 12.5 Å². The molecule has 2 nitrogen and oxygen atoms in total. The van der Waals surface area contributed by atoms with Gasteiger partial charge in [-0.05, 0) is 0 Å². The quantitative estimate of drug-likeness (QED) is 0.804. The third kappa shape index (κ3) is 4.53. The molecule has 0 bridgehead atoms. The van der Waals surface area contributed by atoms with E-state index < -0.39 is 13.3 Å². The van der Waals surface area contributed by atoms with Crippen LogP contribution < -0.4 is 9.13 Å². The minimum absolute atomic E-state index is 0.339. The summed E-state index contributed by atoms with van der Waals surface area (Å²) in [5, 5.41) is 10.6. The van der Waals surface area contributed by atoms with Crippen LogP contribution in [0.4, 0.5) is 0 Å². The number of benzene rings is 2. The van der Waals surface area contributed by atoms with Crippen molar-refractivity contribution in [2.45, 2.75) is 30.1 Å². The molecule has 0 aliphatic carbocycles. The first-order valence-electron chi connectivity index (χ1n) is 7.52. The molecule has 0 aliphatic rings. The monoisotopic (exact) mass is 346 g/mol. The molecule has 3 heteroatoms. The van der Waals surface area contributed by atoms with E-state index in [-0.39, 0.29) is 0 Å². The predicted molar refractivity (Wildman–Crippen MR) is 91.3 cm³/mol. The van der Waals surface area contributed by atoms with Crippen molar-refractivity contribution < 1.29 is 9.84 Å². The topological polar surface area (TPSA) is 29.5 Å². The van der Waals surface area contributed by atoms with Crippen LogP contribution in [0.2, 0.25) is 16.8 Å². The van der Waals surface area contributed by atoms with Gasteiger partial charge in [0.1, 0.15) is 0 Å². The van der Waals surface area contributed by atoms with E-state index in [1.807, 2.05) is 19.1 Å². The Morgan fingerprint density at radius 1 is 0.952 bits per heavy atom. The minimum atomic E-state index is -1.98.